The van der Waals surface area contributed by atoms with E-state index in [2.05, 4.69) is 221 Å². The molecular weight excluding hydrogens is 792 g/mol. The van der Waals surface area contributed by atoms with Crippen LogP contribution >= 0.6 is 11.3 Å². The van der Waals surface area contributed by atoms with Gasteiger partial charge in [0, 0.05) is 43.2 Å². The van der Waals surface area contributed by atoms with Crippen LogP contribution < -0.4 is 25.5 Å². The van der Waals surface area contributed by atoms with Crippen LogP contribution in [0.4, 0.5) is 34.1 Å². The molecule has 0 saturated heterocycles. The first-order chi connectivity index (χ1) is 30.4. The highest BCUT2D eigenvalue weighted by Gasteiger charge is 2.48. The molecule has 0 bridgehead atoms. The van der Waals surface area contributed by atoms with Gasteiger partial charge >= 0.3 is 0 Å². The normalized spacial score (nSPS) is 16.1. The zero-order valence-corrected chi connectivity index (χ0v) is 41.3. The fourth-order valence-electron chi connectivity index (χ4n) is 11.1. The molecule has 6 aromatic carbocycles. The Kier molecular flexibility index (Phi) is 10.1. The van der Waals surface area contributed by atoms with Gasteiger partial charge in [0.15, 0.2) is 0 Å². The first kappa shape index (κ1) is 42.6. The molecule has 2 aliphatic heterocycles. The van der Waals surface area contributed by atoms with Crippen LogP contribution in [0.2, 0.25) is 0 Å². The Hall–Kier alpha value is -5.32. The number of benzene rings is 6. The summed E-state index contributed by atoms with van der Waals surface area (Å²) in [6.45, 7) is 30.7. The zero-order valence-electron chi connectivity index (χ0n) is 40.5. The Morgan fingerprint density at radius 2 is 1.30 bits per heavy atom. The molecule has 0 saturated carbocycles. The van der Waals surface area contributed by atoms with E-state index in [0.717, 1.165) is 0 Å². The number of fused-ring (bicyclic) bond motifs is 7. The smallest absolute Gasteiger partial charge is 0.264 e. The molecule has 4 heteroatoms. The van der Waals surface area contributed by atoms with Crippen LogP contribution in [0.3, 0.4) is 0 Å². The molecule has 1 aromatic heterocycles. The summed E-state index contributed by atoms with van der Waals surface area (Å²) in [6, 6.07) is 43.4. The van der Waals surface area contributed by atoms with Gasteiger partial charge in [-0.2, -0.15) is 0 Å². The van der Waals surface area contributed by atoms with E-state index in [1.807, 2.05) is 11.3 Å². The van der Waals surface area contributed by atoms with Crippen LogP contribution in [0.25, 0.3) is 27.3 Å². The van der Waals surface area contributed by atoms with Crippen molar-refractivity contribution in [1.82, 2.24) is 0 Å². The van der Waals surface area contributed by atoms with Crippen molar-refractivity contribution in [3.63, 3.8) is 0 Å². The van der Waals surface area contributed by atoms with Gasteiger partial charge < -0.3 is 9.80 Å². The van der Waals surface area contributed by atoms with Crippen molar-refractivity contribution in [1.29, 1.82) is 0 Å². The molecule has 3 aliphatic rings. The summed E-state index contributed by atoms with van der Waals surface area (Å²) in [5, 5.41) is 1.35. The first-order valence-corrected chi connectivity index (χ1v) is 24.7. The Labute approximate surface area is 388 Å². The zero-order chi connectivity index (χ0) is 45.2. The highest BCUT2D eigenvalue weighted by molar-refractivity contribution is 7.33. The van der Waals surface area contributed by atoms with E-state index in [-0.39, 0.29) is 23.0 Å². The van der Waals surface area contributed by atoms with Gasteiger partial charge in [0.1, 0.15) is 0 Å². The van der Waals surface area contributed by atoms with E-state index >= 15 is 0 Å². The molecule has 10 rings (SSSR count). The first-order valence-electron chi connectivity index (χ1n) is 23.8. The lowest BCUT2D eigenvalue weighted by molar-refractivity contribution is 0.332. The minimum atomic E-state index is 0.0232. The molecule has 0 unspecified atom stereocenters. The molecule has 0 radical (unpaired) electrons. The number of anilines is 6. The Morgan fingerprint density at radius 1 is 0.656 bits per heavy atom. The van der Waals surface area contributed by atoms with E-state index in [1.165, 1.54) is 123 Å². The Bertz CT molecular complexity index is 3020. The lowest BCUT2D eigenvalue weighted by atomic mass is 9.35. The molecule has 1 aliphatic carbocycles. The van der Waals surface area contributed by atoms with Crippen molar-refractivity contribution in [3.05, 3.63) is 154 Å². The number of thiophene rings is 1. The summed E-state index contributed by atoms with van der Waals surface area (Å²) in [7, 11) is 0. The second-order valence-corrected chi connectivity index (χ2v) is 23.1. The van der Waals surface area contributed by atoms with Crippen LogP contribution in [-0.4, -0.2) is 6.71 Å². The van der Waals surface area contributed by atoms with Crippen molar-refractivity contribution >= 4 is 84.0 Å². The maximum absolute atomic E-state index is 2.69. The highest BCUT2D eigenvalue weighted by Crippen LogP contribution is 2.53. The molecule has 3 heterocycles. The maximum Gasteiger partial charge on any atom is 0.264 e. The minimum absolute atomic E-state index is 0.0232. The van der Waals surface area contributed by atoms with E-state index < -0.39 is 0 Å². The minimum Gasteiger partial charge on any atom is -0.311 e. The molecule has 324 valence electrons. The Balaban J connectivity index is 1.34. The molecule has 0 fully saturated rings. The van der Waals surface area contributed by atoms with Gasteiger partial charge in [0.25, 0.3) is 6.71 Å². The van der Waals surface area contributed by atoms with Crippen LogP contribution in [-0.2, 0) is 16.2 Å². The number of nitrogens with zero attached hydrogens (tertiary/aromatic N) is 2. The summed E-state index contributed by atoms with van der Waals surface area (Å²) in [5.74, 6) is 0.852. The van der Waals surface area contributed by atoms with Crippen LogP contribution in [0, 0.1) is 6.92 Å². The quantitative estimate of drug-likeness (QED) is 0.154. The van der Waals surface area contributed by atoms with E-state index in [4.69, 9.17) is 0 Å². The Morgan fingerprint density at radius 3 is 1.95 bits per heavy atom. The molecule has 0 spiro atoms. The van der Waals surface area contributed by atoms with Crippen molar-refractivity contribution in [2.75, 3.05) is 9.80 Å². The third kappa shape index (κ3) is 6.64. The lowest BCUT2D eigenvalue weighted by Gasteiger charge is -2.47. The standard InChI is InChI=1S/C60H65BN2S/c1-14-17-40-18-15-19-44(38(40)6)45-32-41(37(4)5)24-28-50(45)63-52-21-16-20-51-55(52)61(49-34-47-48(35-53(49)63)60(12,13)31-30-59(47,10)11)57-56(62(51)43-26-22-39(23-27-43)36(2)3)46-33-42(58(7,8)9)25-29-54(46)64-57/h14-29,32-37H,30-31H2,1-13H3/b17-14-. The largest absolute Gasteiger partial charge is 0.311 e. The van der Waals surface area contributed by atoms with Crippen molar-refractivity contribution < 1.29 is 0 Å². The summed E-state index contributed by atoms with van der Waals surface area (Å²) in [6.07, 6.45) is 6.76. The van der Waals surface area contributed by atoms with Gasteiger partial charge in [0.05, 0.1) is 11.4 Å². The van der Waals surface area contributed by atoms with Gasteiger partial charge in [-0.3, -0.25) is 0 Å². The SMILES string of the molecule is C/C=C\c1cccc(-c2cc(C(C)C)ccc2N2c3cc4c(cc3B3c5sc6ccc(C(C)(C)C)cc6c5N(c5ccc(C(C)C)cc5)c5cccc2c53)C(C)(C)CCC4(C)C)c1C. The molecule has 0 amide bonds. The van der Waals surface area contributed by atoms with E-state index in [1.54, 1.807) is 0 Å². The number of allylic oxidation sites excluding steroid dienone is 1. The van der Waals surface area contributed by atoms with Gasteiger partial charge in [-0.25, -0.2) is 0 Å². The van der Waals surface area contributed by atoms with Crippen molar-refractivity contribution in [3.8, 4) is 11.1 Å². The van der Waals surface area contributed by atoms with E-state index in [9.17, 15) is 0 Å². The molecule has 0 N–H and O–H groups in total. The molecule has 64 heavy (non-hydrogen) atoms. The van der Waals surface area contributed by atoms with Gasteiger partial charge in [-0.05, 0) is 165 Å². The fraction of sp³-hybridized carbons (Fsp3) is 0.333. The predicted octanol–water partition coefficient (Wildman–Crippen LogP) is 15.9. The summed E-state index contributed by atoms with van der Waals surface area (Å²) in [5.41, 5.74) is 22.8. The fourth-order valence-corrected chi connectivity index (χ4v) is 12.4. The summed E-state index contributed by atoms with van der Waals surface area (Å²) in [4.78, 5) is 5.31. The van der Waals surface area contributed by atoms with E-state index in [0.29, 0.717) is 11.8 Å². The lowest BCUT2D eigenvalue weighted by Crippen LogP contribution is -2.61. The average molecular weight is 857 g/mol. The molecular formula is C60H65BN2S. The highest BCUT2D eigenvalue weighted by atomic mass is 32.1. The third-order valence-corrected chi connectivity index (χ3v) is 16.4. The topological polar surface area (TPSA) is 6.48 Å². The van der Waals surface area contributed by atoms with Gasteiger partial charge in [-0.1, -0.05) is 143 Å². The van der Waals surface area contributed by atoms with Crippen LogP contribution in [0.15, 0.2) is 115 Å². The van der Waals surface area contributed by atoms with Gasteiger partial charge in [0.2, 0.25) is 0 Å². The number of rotatable bonds is 6. The molecule has 7 aromatic rings. The average Bonchev–Trinajstić information content (AvgIpc) is 3.64. The predicted molar refractivity (Wildman–Crippen MR) is 283 cm³/mol. The summed E-state index contributed by atoms with van der Waals surface area (Å²) >= 11 is 2.01. The van der Waals surface area contributed by atoms with Gasteiger partial charge in [-0.15, -0.1) is 11.3 Å². The number of hydrogen-bond acceptors (Lipinski definition) is 3. The molecule has 0 atom stereocenters. The van der Waals surface area contributed by atoms with Crippen molar-refractivity contribution in [2.24, 2.45) is 0 Å². The van der Waals surface area contributed by atoms with Crippen molar-refractivity contribution in [2.45, 2.75) is 131 Å². The maximum atomic E-state index is 2.69. The monoisotopic (exact) mass is 856 g/mol. The third-order valence-electron chi connectivity index (χ3n) is 15.2. The second kappa shape index (κ2) is 15.1. The summed E-state index contributed by atoms with van der Waals surface area (Å²) < 4.78 is 2.79. The second-order valence-electron chi connectivity index (χ2n) is 22.0. The number of hydrogen-bond donors (Lipinski definition) is 0. The van der Waals surface area contributed by atoms with Crippen LogP contribution in [0.1, 0.15) is 147 Å². The molecule has 2 nitrogen and oxygen atoms in total. The van der Waals surface area contributed by atoms with Crippen LogP contribution in [0.5, 0.6) is 0 Å².